The van der Waals surface area contributed by atoms with Crippen LogP contribution in [0.15, 0.2) is 60.9 Å². The summed E-state index contributed by atoms with van der Waals surface area (Å²) in [7, 11) is 5.14. The number of carbonyl (C=O) groups is 1. The fraction of sp³-hybridized carbons (Fsp3) is 0.208. The number of hydrogen-bond acceptors (Lipinski definition) is 6. The number of benzene rings is 2. The van der Waals surface area contributed by atoms with Crippen molar-refractivity contribution >= 4 is 22.4 Å². The van der Waals surface area contributed by atoms with Crippen molar-refractivity contribution in [3.63, 3.8) is 0 Å². The molecule has 2 heterocycles. The number of nitrogens with zero attached hydrogens (tertiary/aromatic N) is 3. The summed E-state index contributed by atoms with van der Waals surface area (Å²) in [6.45, 7) is 0. The van der Waals surface area contributed by atoms with Gasteiger partial charge in [-0.1, -0.05) is 47.7 Å². The lowest BCUT2D eigenvalue weighted by molar-refractivity contribution is -0.116. The van der Waals surface area contributed by atoms with Gasteiger partial charge >= 0.3 is 0 Å². The highest BCUT2D eigenvalue weighted by molar-refractivity contribution is 7.19. The summed E-state index contributed by atoms with van der Waals surface area (Å²) < 4.78 is 12.6. The van der Waals surface area contributed by atoms with E-state index in [4.69, 9.17) is 14.5 Å². The smallest absolute Gasteiger partial charge is 0.226 e. The quantitative estimate of drug-likeness (QED) is 0.419. The SMILES string of the molecule is COc1ccc(CCC(=O)Nc2nc(-c3ccccc3)c(-c3nccn3C)s2)cc1OC. The number of amides is 1. The van der Waals surface area contributed by atoms with E-state index in [1.165, 1.54) is 11.3 Å². The van der Waals surface area contributed by atoms with Crippen molar-refractivity contribution in [2.45, 2.75) is 12.8 Å². The first-order chi connectivity index (χ1) is 15.6. The van der Waals surface area contributed by atoms with Crippen LogP contribution in [0, 0.1) is 0 Å². The summed E-state index contributed by atoms with van der Waals surface area (Å²) in [5.74, 6) is 2.03. The minimum Gasteiger partial charge on any atom is -0.493 e. The molecule has 2 aromatic carbocycles. The fourth-order valence-corrected chi connectivity index (χ4v) is 4.42. The number of methoxy groups -OCH3 is 2. The molecule has 0 atom stereocenters. The molecule has 7 nitrogen and oxygen atoms in total. The van der Waals surface area contributed by atoms with Crippen LogP contribution in [0.2, 0.25) is 0 Å². The summed E-state index contributed by atoms with van der Waals surface area (Å²) in [5, 5.41) is 3.51. The second-order valence-electron chi connectivity index (χ2n) is 7.16. The molecule has 164 valence electrons. The highest BCUT2D eigenvalue weighted by Gasteiger charge is 2.19. The van der Waals surface area contributed by atoms with Crippen molar-refractivity contribution in [1.29, 1.82) is 0 Å². The van der Waals surface area contributed by atoms with Gasteiger partial charge < -0.3 is 19.4 Å². The molecule has 0 aliphatic rings. The molecule has 0 saturated carbocycles. The normalized spacial score (nSPS) is 10.7. The maximum atomic E-state index is 12.7. The summed E-state index contributed by atoms with van der Waals surface area (Å²) >= 11 is 1.42. The Kier molecular flexibility index (Phi) is 6.51. The Morgan fingerprint density at radius 3 is 2.56 bits per heavy atom. The van der Waals surface area contributed by atoms with E-state index in [2.05, 4.69) is 10.3 Å². The van der Waals surface area contributed by atoms with Gasteiger partial charge in [0.05, 0.1) is 24.8 Å². The summed E-state index contributed by atoms with van der Waals surface area (Å²) in [5.41, 5.74) is 2.78. The Balaban J connectivity index is 1.51. The molecule has 0 aliphatic heterocycles. The van der Waals surface area contributed by atoms with Crippen molar-refractivity contribution in [3.05, 3.63) is 66.5 Å². The van der Waals surface area contributed by atoms with Gasteiger partial charge in [0, 0.05) is 31.4 Å². The van der Waals surface area contributed by atoms with Crippen LogP contribution in [0.1, 0.15) is 12.0 Å². The van der Waals surface area contributed by atoms with Gasteiger partial charge in [0.1, 0.15) is 0 Å². The van der Waals surface area contributed by atoms with Crippen molar-refractivity contribution < 1.29 is 14.3 Å². The Labute approximate surface area is 190 Å². The molecule has 0 bridgehead atoms. The highest BCUT2D eigenvalue weighted by Crippen LogP contribution is 2.38. The van der Waals surface area contributed by atoms with Gasteiger partial charge in [-0.25, -0.2) is 9.97 Å². The predicted molar refractivity (Wildman–Crippen MR) is 126 cm³/mol. The van der Waals surface area contributed by atoms with Crippen molar-refractivity contribution in [2.24, 2.45) is 7.05 Å². The second-order valence-corrected chi connectivity index (χ2v) is 8.16. The van der Waals surface area contributed by atoms with E-state index in [1.54, 1.807) is 20.4 Å². The number of aryl methyl sites for hydroxylation is 2. The standard InChI is InChI=1S/C24H24N4O3S/c1-28-14-13-25-23(28)22-21(17-7-5-4-6-8-17)27-24(32-22)26-20(29)12-10-16-9-11-18(30-2)19(15-16)31-3/h4-9,11,13-15H,10,12H2,1-3H3,(H,26,27,29). The van der Waals surface area contributed by atoms with Crippen LogP contribution in [0.5, 0.6) is 11.5 Å². The minimum atomic E-state index is -0.0977. The van der Waals surface area contributed by atoms with Crippen molar-refractivity contribution in [2.75, 3.05) is 19.5 Å². The molecule has 2 aromatic heterocycles. The van der Waals surface area contributed by atoms with E-state index < -0.39 is 0 Å². The topological polar surface area (TPSA) is 78.3 Å². The molecule has 1 N–H and O–H groups in total. The molecular formula is C24H24N4O3S. The molecular weight excluding hydrogens is 424 g/mol. The lowest BCUT2D eigenvalue weighted by Gasteiger charge is -2.09. The molecule has 0 radical (unpaired) electrons. The average Bonchev–Trinajstić information content (AvgIpc) is 3.43. The Morgan fingerprint density at radius 2 is 1.88 bits per heavy atom. The lowest BCUT2D eigenvalue weighted by Crippen LogP contribution is -2.12. The number of aromatic nitrogens is 3. The Hall–Kier alpha value is -3.65. The first kappa shape index (κ1) is 21.6. The maximum Gasteiger partial charge on any atom is 0.226 e. The molecule has 4 rings (SSSR count). The highest BCUT2D eigenvalue weighted by atomic mass is 32.1. The van der Waals surface area contributed by atoms with Gasteiger partial charge in [0.25, 0.3) is 0 Å². The van der Waals surface area contributed by atoms with Crippen molar-refractivity contribution in [3.8, 4) is 33.5 Å². The van der Waals surface area contributed by atoms with Crippen LogP contribution >= 0.6 is 11.3 Å². The molecule has 32 heavy (non-hydrogen) atoms. The zero-order valence-corrected chi connectivity index (χ0v) is 19.0. The predicted octanol–water partition coefficient (Wildman–Crippen LogP) is 4.80. The van der Waals surface area contributed by atoms with Crippen LogP contribution in [0.25, 0.3) is 22.0 Å². The van der Waals surface area contributed by atoms with Gasteiger partial charge in [-0.2, -0.15) is 0 Å². The average molecular weight is 449 g/mol. The summed E-state index contributed by atoms with van der Waals surface area (Å²) in [4.78, 5) is 22.8. The molecule has 0 fully saturated rings. The number of ether oxygens (including phenoxy) is 2. The van der Waals surface area contributed by atoms with Crippen LogP contribution in [0.4, 0.5) is 5.13 Å². The summed E-state index contributed by atoms with van der Waals surface area (Å²) in [6.07, 6.45) is 4.55. The molecule has 8 heteroatoms. The second kappa shape index (κ2) is 9.65. The number of nitrogens with one attached hydrogen (secondary N) is 1. The number of thiazole rings is 1. The third kappa shape index (κ3) is 4.65. The fourth-order valence-electron chi connectivity index (χ4n) is 3.38. The number of anilines is 1. The van der Waals surface area contributed by atoms with E-state index >= 15 is 0 Å². The van der Waals surface area contributed by atoms with Gasteiger partial charge in [0.2, 0.25) is 5.91 Å². The largest absolute Gasteiger partial charge is 0.493 e. The molecule has 0 saturated heterocycles. The lowest BCUT2D eigenvalue weighted by atomic mass is 10.1. The number of rotatable bonds is 8. The van der Waals surface area contributed by atoms with Crippen molar-refractivity contribution in [1.82, 2.24) is 14.5 Å². The van der Waals surface area contributed by atoms with E-state index in [9.17, 15) is 4.79 Å². The number of carbonyl (C=O) groups excluding carboxylic acids is 1. The molecule has 0 aliphatic carbocycles. The Morgan fingerprint density at radius 1 is 1.09 bits per heavy atom. The third-order valence-corrected chi connectivity index (χ3v) is 6.00. The van der Waals surface area contributed by atoms with Gasteiger partial charge in [-0.3, -0.25) is 4.79 Å². The first-order valence-corrected chi connectivity index (χ1v) is 11.0. The van der Waals surface area contributed by atoms with E-state index in [0.29, 0.717) is 29.5 Å². The van der Waals surface area contributed by atoms with E-state index in [1.807, 2.05) is 66.3 Å². The molecule has 0 spiro atoms. The molecule has 1 amide bonds. The van der Waals surface area contributed by atoms with Crippen LogP contribution in [0.3, 0.4) is 0 Å². The third-order valence-electron chi connectivity index (χ3n) is 5.03. The van der Waals surface area contributed by atoms with E-state index in [-0.39, 0.29) is 5.91 Å². The van der Waals surface area contributed by atoms with E-state index in [0.717, 1.165) is 27.5 Å². The van der Waals surface area contributed by atoms with Gasteiger partial charge in [-0.15, -0.1) is 0 Å². The number of hydrogen-bond donors (Lipinski definition) is 1. The van der Waals surface area contributed by atoms with Crippen LogP contribution in [-0.4, -0.2) is 34.7 Å². The van der Waals surface area contributed by atoms with Crippen LogP contribution in [-0.2, 0) is 18.3 Å². The Bertz CT molecular complexity index is 1220. The van der Waals surface area contributed by atoms with Gasteiger partial charge in [-0.05, 0) is 24.1 Å². The zero-order valence-electron chi connectivity index (χ0n) is 18.2. The first-order valence-electron chi connectivity index (χ1n) is 10.1. The maximum absolute atomic E-state index is 12.7. The molecule has 4 aromatic rings. The molecule has 0 unspecified atom stereocenters. The summed E-state index contributed by atoms with van der Waals surface area (Å²) in [6, 6.07) is 15.6. The number of imidazole rings is 1. The zero-order chi connectivity index (χ0) is 22.5. The minimum absolute atomic E-state index is 0.0977. The van der Waals surface area contributed by atoms with Crippen LogP contribution < -0.4 is 14.8 Å². The van der Waals surface area contributed by atoms with Gasteiger partial charge in [0.15, 0.2) is 22.5 Å². The monoisotopic (exact) mass is 448 g/mol.